The first-order valence-corrected chi connectivity index (χ1v) is 6.53. The maximum atomic E-state index is 12.1. The number of hydrogen-bond acceptors (Lipinski definition) is 3. The minimum atomic E-state index is -0.198. The van der Waals surface area contributed by atoms with Gasteiger partial charge in [0, 0.05) is 6.04 Å². The van der Waals surface area contributed by atoms with E-state index in [0.717, 1.165) is 12.1 Å². The summed E-state index contributed by atoms with van der Waals surface area (Å²) in [6.07, 6.45) is 0.894. The zero-order valence-electron chi connectivity index (χ0n) is 11.9. The van der Waals surface area contributed by atoms with Gasteiger partial charge in [0.05, 0.1) is 11.4 Å². The Kier molecular flexibility index (Phi) is 4.76. The molecule has 0 fully saturated rings. The SMILES string of the molecule is CCC(NC(=O)c1n[nH]c(C(C)C)c1N)C(C)C. The van der Waals surface area contributed by atoms with E-state index >= 15 is 0 Å². The third-order valence-electron chi connectivity index (χ3n) is 3.19. The number of aromatic amines is 1. The Morgan fingerprint density at radius 1 is 1.39 bits per heavy atom. The van der Waals surface area contributed by atoms with Crippen LogP contribution in [0.25, 0.3) is 0 Å². The molecule has 1 heterocycles. The fourth-order valence-corrected chi connectivity index (χ4v) is 1.95. The standard InChI is InChI=1S/C13H24N4O/c1-6-9(7(2)3)15-13(18)12-10(14)11(8(4)5)16-17-12/h7-9H,6,14H2,1-5H3,(H,15,18)(H,16,17). The fourth-order valence-electron chi connectivity index (χ4n) is 1.95. The molecular weight excluding hydrogens is 228 g/mol. The summed E-state index contributed by atoms with van der Waals surface area (Å²) in [5, 5.41) is 9.83. The summed E-state index contributed by atoms with van der Waals surface area (Å²) in [5.74, 6) is 0.422. The maximum Gasteiger partial charge on any atom is 0.274 e. The van der Waals surface area contributed by atoms with Crippen LogP contribution in [0, 0.1) is 5.92 Å². The Bertz CT molecular complexity index is 409. The van der Waals surface area contributed by atoms with Gasteiger partial charge in [0.25, 0.3) is 5.91 Å². The van der Waals surface area contributed by atoms with Gasteiger partial charge in [-0.15, -0.1) is 0 Å². The molecule has 1 aromatic rings. The highest BCUT2D eigenvalue weighted by Gasteiger charge is 2.21. The lowest BCUT2D eigenvalue weighted by Gasteiger charge is -2.20. The number of nitrogens with zero attached hydrogens (tertiary/aromatic N) is 1. The van der Waals surface area contributed by atoms with Gasteiger partial charge >= 0.3 is 0 Å². The molecule has 4 N–H and O–H groups in total. The summed E-state index contributed by atoms with van der Waals surface area (Å²) >= 11 is 0. The number of nitrogens with two attached hydrogens (primary N) is 1. The van der Waals surface area contributed by atoms with E-state index in [4.69, 9.17) is 5.73 Å². The molecule has 1 rings (SSSR count). The van der Waals surface area contributed by atoms with Gasteiger partial charge in [0.1, 0.15) is 0 Å². The zero-order chi connectivity index (χ0) is 13.9. The Morgan fingerprint density at radius 3 is 2.39 bits per heavy atom. The fraction of sp³-hybridized carbons (Fsp3) is 0.692. The van der Waals surface area contributed by atoms with E-state index in [1.807, 2.05) is 13.8 Å². The average molecular weight is 252 g/mol. The molecule has 5 heteroatoms. The quantitative estimate of drug-likeness (QED) is 0.751. The normalized spacial score (nSPS) is 13.1. The van der Waals surface area contributed by atoms with Gasteiger partial charge in [-0.05, 0) is 18.3 Å². The van der Waals surface area contributed by atoms with Gasteiger partial charge in [0.2, 0.25) is 0 Å². The second-order valence-corrected chi connectivity index (χ2v) is 5.29. The molecule has 0 bridgehead atoms. The van der Waals surface area contributed by atoms with E-state index in [9.17, 15) is 4.79 Å². The van der Waals surface area contributed by atoms with Crippen LogP contribution in [0.1, 0.15) is 63.1 Å². The Labute approximate surface area is 109 Å². The topological polar surface area (TPSA) is 83.8 Å². The van der Waals surface area contributed by atoms with Crippen molar-refractivity contribution >= 4 is 11.6 Å². The largest absolute Gasteiger partial charge is 0.395 e. The zero-order valence-corrected chi connectivity index (χ0v) is 11.9. The Morgan fingerprint density at radius 2 is 2.00 bits per heavy atom. The number of nitrogen functional groups attached to an aromatic ring is 1. The summed E-state index contributed by atoms with van der Waals surface area (Å²) in [6, 6.07) is 0.149. The highest BCUT2D eigenvalue weighted by Crippen LogP contribution is 2.22. The molecule has 5 nitrogen and oxygen atoms in total. The van der Waals surface area contributed by atoms with Crippen LogP contribution in [-0.4, -0.2) is 22.1 Å². The highest BCUT2D eigenvalue weighted by atomic mass is 16.2. The van der Waals surface area contributed by atoms with Crippen LogP contribution in [-0.2, 0) is 0 Å². The second kappa shape index (κ2) is 5.89. The predicted molar refractivity (Wildman–Crippen MR) is 73.5 cm³/mol. The van der Waals surface area contributed by atoms with Gasteiger partial charge < -0.3 is 11.1 Å². The summed E-state index contributed by atoms with van der Waals surface area (Å²) in [6.45, 7) is 10.2. The molecule has 0 saturated carbocycles. The minimum absolute atomic E-state index is 0.149. The van der Waals surface area contributed by atoms with Crippen molar-refractivity contribution in [2.75, 3.05) is 5.73 Å². The molecule has 0 spiro atoms. The molecule has 1 atom stereocenters. The lowest BCUT2D eigenvalue weighted by molar-refractivity contribution is 0.0920. The number of rotatable bonds is 5. The van der Waals surface area contributed by atoms with Crippen LogP contribution in [0.3, 0.4) is 0 Å². The lowest BCUT2D eigenvalue weighted by atomic mass is 10.0. The number of hydrogen-bond donors (Lipinski definition) is 3. The van der Waals surface area contributed by atoms with Gasteiger partial charge in [0.15, 0.2) is 5.69 Å². The molecule has 0 radical (unpaired) electrons. The first-order chi connectivity index (χ1) is 8.38. The number of anilines is 1. The Hall–Kier alpha value is -1.52. The first kappa shape index (κ1) is 14.5. The molecular formula is C13H24N4O. The van der Waals surface area contributed by atoms with Crippen LogP contribution >= 0.6 is 0 Å². The third-order valence-corrected chi connectivity index (χ3v) is 3.19. The molecule has 0 saturated heterocycles. The van der Waals surface area contributed by atoms with Crippen molar-refractivity contribution in [3.8, 4) is 0 Å². The van der Waals surface area contributed by atoms with Crippen LogP contribution < -0.4 is 11.1 Å². The van der Waals surface area contributed by atoms with E-state index < -0.39 is 0 Å². The number of amides is 1. The van der Waals surface area contributed by atoms with Crippen molar-refractivity contribution in [2.45, 2.75) is 53.0 Å². The average Bonchev–Trinajstić information content (AvgIpc) is 2.67. The minimum Gasteiger partial charge on any atom is -0.395 e. The molecule has 0 aliphatic carbocycles. The molecule has 18 heavy (non-hydrogen) atoms. The molecule has 1 aromatic heterocycles. The van der Waals surface area contributed by atoms with Crippen LogP contribution in [0.15, 0.2) is 0 Å². The molecule has 0 aromatic carbocycles. The number of carbonyl (C=O) groups is 1. The van der Waals surface area contributed by atoms with E-state index in [1.165, 1.54) is 0 Å². The van der Waals surface area contributed by atoms with Crippen molar-refractivity contribution in [3.05, 3.63) is 11.4 Å². The van der Waals surface area contributed by atoms with Crippen molar-refractivity contribution in [1.29, 1.82) is 0 Å². The monoisotopic (exact) mass is 252 g/mol. The van der Waals surface area contributed by atoms with E-state index in [-0.39, 0.29) is 17.9 Å². The van der Waals surface area contributed by atoms with Crippen molar-refractivity contribution in [1.82, 2.24) is 15.5 Å². The molecule has 0 aliphatic heterocycles. The molecule has 102 valence electrons. The maximum absolute atomic E-state index is 12.1. The third kappa shape index (κ3) is 3.03. The van der Waals surface area contributed by atoms with Crippen LogP contribution in [0.5, 0.6) is 0 Å². The van der Waals surface area contributed by atoms with E-state index in [1.54, 1.807) is 0 Å². The molecule has 1 unspecified atom stereocenters. The summed E-state index contributed by atoms with van der Waals surface area (Å²) in [5.41, 5.74) is 7.52. The van der Waals surface area contributed by atoms with E-state index in [0.29, 0.717) is 17.3 Å². The van der Waals surface area contributed by atoms with E-state index in [2.05, 4.69) is 36.3 Å². The highest BCUT2D eigenvalue weighted by molar-refractivity contribution is 5.97. The van der Waals surface area contributed by atoms with Crippen molar-refractivity contribution in [2.24, 2.45) is 5.92 Å². The second-order valence-electron chi connectivity index (χ2n) is 5.29. The summed E-state index contributed by atoms with van der Waals surface area (Å²) in [7, 11) is 0. The summed E-state index contributed by atoms with van der Waals surface area (Å²) < 4.78 is 0. The molecule has 1 amide bonds. The summed E-state index contributed by atoms with van der Waals surface area (Å²) in [4.78, 5) is 12.1. The van der Waals surface area contributed by atoms with Crippen molar-refractivity contribution < 1.29 is 4.79 Å². The number of carbonyl (C=O) groups excluding carboxylic acids is 1. The Balaban J connectivity index is 2.85. The van der Waals surface area contributed by atoms with Crippen LogP contribution in [0.2, 0.25) is 0 Å². The van der Waals surface area contributed by atoms with Crippen LogP contribution in [0.4, 0.5) is 5.69 Å². The lowest BCUT2D eigenvalue weighted by Crippen LogP contribution is -2.38. The van der Waals surface area contributed by atoms with Crippen molar-refractivity contribution in [3.63, 3.8) is 0 Å². The first-order valence-electron chi connectivity index (χ1n) is 6.53. The predicted octanol–water partition coefficient (Wildman–Crippen LogP) is 2.28. The number of nitrogens with one attached hydrogen (secondary N) is 2. The van der Waals surface area contributed by atoms with Gasteiger partial charge in [-0.3, -0.25) is 9.89 Å². The molecule has 0 aliphatic rings. The number of H-pyrrole nitrogens is 1. The van der Waals surface area contributed by atoms with Gasteiger partial charge in [-0.25, -0.2) is 0 Å². The number of aromatic nitrogens is 2. The van der Waals surface area contributed by atoms with Gasteiger partial charge in [-0.1, -0.05) is 34.6 Å². The smallest absolute Gasteiger partial charge is 0.274 e. The van der Waals surface area contributed by atoms with Gasteiger partial charge in [-0.2, -0.15) is 5.10 Å².